The van der Waals surface area contributed by atoms with Gasteiger partial charge < -0.3 is 10.2 Å². The van der Waals surface area contributed by atoms with Crippen molar-refractivity contribution >= 4 is 23.2 Å². The van der Waals surface area contributed by atoms with Crippen molar-refractivity contribution in [1.29, 1.82) is 0 Å². The summed E-state index contributed by atoms with van der Waals surface area (Å²) in [7, 11) is 0. The molecular formula is C21H26N2O2S. The predicted octanol–water partition coefficient (Wildman–Crippen LogP) is 4.08. The average molecular weight is 371 g/mol. The van der Waals surface area contributed by atoms with Crippen LogP contribution in [-0.4, -0.2) is 35.8 Å². The molecule has 0 unspecified atom stereocenters. The maximum Gasteiger partial charge on any atom is 0.263 e. The molecule has 0 bridgehead atoms. The van der Waals surface area contributed by atoms with Gasteiger partial charge in [0, 0.05) is 24.7 Å². The van der Waals surface area contributed by atoms with Crippen LogP contribution in [-0.2, 0) is 5.41 Å². The number of carbonyl (C=O) groups excluding carboxylic acids is 2. The fraction of sp³-hybridized carbons (Fsp3) is 0.429. The zero-order valence-electron chi connectivity index (χ0n) is 15.6. The van der Waals surface area contributed by atoms with Gasteiger partial charge >= 0.3 is 0 Å². The molecule has 138 valence electrons. The molecule has 1 saturated heterocycles. The molecule has 0 atom stereocenters. The summed E-state index contributed by atoms with van der Waals surface area (Å²) in [6, 6.07) is 11.7. The van der Waals surface area contributed by atoms with E-state index in [9.17, 15) is 9.59 Å². The molecule has 1 aromatic carbocycles. The highest BCUT2D eigenvalue weighted by Crippen LogP contribution is 2.22. The summed E-state index contributed by atoms with van der Waals surface area (Å²) in [5, 5.41) is 5.04. The summed E-state index contributed by atoms with van der Waals surface area (Å²) < 4.78 is 0. The highest BCUT2D eigenvalue weighted by molar-refractivity contribution is 7.12. The smallest absolute Gasteiger partial charge is 0.263 e. The molecule has 1 aliphatic heterocycles. The molecule has 1 aliphatic rings. The maximum atomic E-state index is 12.5. The Hall–Kier alpha value is -2.14. The number of piperidine rings is 1. The first kappa shape index (κ1) is 18.6. The van der Waals surface area contributed by atoms with E-state index in [1.165, 1.54) is 16.9 Å². The molecule has 0 saturated carbocycles. The van der Waals surface area contributed by atoms with Crippen molar-refractivity contribution in [2.75, 3.05) is 13.1 Å². The Morgan fingerprint density at radius 2 is 1.73 bits per heavy atom. The van der Waals surface area contributed by atoms with Crippen LogP contribution < -0.4 is 5.32 Å². The van der Waals surface area contributed by atoms with E-state index in [0.29, 0.717) is 18.7 Å². The fourth-order valence-corrected chi connectivity index (χ4v) is 3.86. The van der Waals surface area contributed by atoms with Gasteiger partial charge in [-0.15, -0.1) is 11.3 Å². The third kappa shape index (κ3) is 4.33. The monoisotopic (exact) mass is 370 g/mol. The van der Waals surface area contributed by atoms with E-state index >= 15 is 0 Å². The van der Waals surface area contributed by atoms with Crippen molar-refractivity contribution in [1.82, 2.24) is 10.2 Å². The van der Waals surface area contributed by atoms with Gasteiger partial charge in [0.05, 0.1) is 4.88 Å². The van der Waals surface area contributed by atoms with Crippen LogP contribution >= 0.6 is 11.3 Å². The molecule has 1 N–H and O–H groups in total. The van der Waals surface area contributed by atoms with Crippen molar-refractivity contribution < 1.29 is 9.59 Å². The summed E-state index contributed by atoms with van der Waals surface area (Å²) in [5.41, 5.74) is 1.99. The molecule has 4 nitrogen and oxygen atoms in total. The number of thiophene rings is 1. The van der Waals surface area contributed by atoms with Crippen LogP contribution in [0.1, 0.15) is 59.2 Å². The Bertz CT molecular complexity index is 752. The van der Waals surface area contributed by atoms with Gasteiger partial charge in [0.15, 0.2) is 0 Å². The Morgan fingerprint density at radius 3 is 2.27 bits per heavy atom. The highest BCUT2D eigenvalue weighted by Gasteiger charge is 2.25. The summed E-state index contributed by atoms with van der Waals surface area (Å²) in [6.45, 7) is 7.85. The first-order valence-electron chi connectivity index (χ1n) is 9.09. The molecule has 1 aromatic heterocycles. The minimum atomic E-state index is -0.0338. The van der Waals surface area contributed by atoms with Gasteiger partial charge in [-0.3, -0.25) is 9.59 Å². The van der Waals surface area contributed by atoms with Crippen LogP contribution in [0.25, 0.3) is 0 Å². The third-order valence-corrected chi connectivity index (χ3v) is 5.72. The van der Waals surface area contributed by atoms with Gasteiger partial charge in [0.25, 0.3) is 11.8 Å². The number of nitrogens with zero attached hydrogens (tertiary/aromatic N) is 1. The second kappa shape index (κ2) is 7.62. The van der Waals surface area contributed by atoms with E-state index in [0.717, 1.165) is 17.7 Å². The Balaban J connectivity index is 1.53. The molecule has 2 amide bonds. The van der Waals surface area contributed by atoms with Crippen LogP contribution in [0, 0.1) is 0 Å². The van der Waals surface area contributed by atoms with E-state index in [-0.39, 0.29) is 23.3 Å². The van der Waals surface area contributed by atoms with Gasteiger partial charge in [-0.2, -0.15) is 0 Å². The first-order valence-corrected chi connectivity index (χ1v) is 9.97. The van der Waals surface area contributed by atoms with Gasteiger partial charge in [-0.25, -0.2) is 0 Å². The van der Waals surface area contributed by atoms with Crippen molar-refractivity contribution in [3.63, 3.8) is 0 Å². The van der Waals surface area contributed by atoms with Crippen LogP contribution in [0.2, 0.25) is 0 Å². The molecule has 5 heteroatoms. The molecule has 2 aromatic rings. The van der Waals surface area contributed by atoms with Crippen molar-refractivity contribution in [2.45, 2.75) is 45.1 Å². The molecule has 2 heterocycles. The number of rotatable bonds is 3. The molecule has 1 fully saturated rings. The Labute approximate surface area is 159 Å². The lowest BCUT2D eigenvalue weighted by Crippen LogP contribution is -2.46. The van der Waals surface area contributed by atoms with Crippen LogP contribution in [0.4, 0.5) is 0 Å². The number of hydrogen-bond acceptors (Lipinski definition) is 3. The number of nitrogens with one attached hydrogen (secondary N) is 1. The van der Waals surface area contributed by atoms with E-state index in [1.807, 2.05) is 46.7 Å². The minimum Gasteiger partial charge on any atom is -0.349 e. The van der Waals surface area contributed by atoms with Crippen LogP contribution in [0.15, 0.2) is 41.8 Å². The Kier molecular flexibility index (Phi) is 5.47. The highest BCUT2D eigenvalue weighted by atomic mass is 32.1. The van der Waals surface area contributed by atoms with Crippen molar-refractivity contribution in [3.8, 4) is 0 Å². The average Bonchev–Trinajstić information content (AvgIpc) is 3.16. The van der Waals surface area contributed by atoms with Gasteiger partial charge in [-0.1, -0.05) is 39.0 Å². The summed E-state index contributed by atoms with van der Waals surface area (Å²) in [6.07, 6.45) is 1.59. The molecule has 0 spiro atoms. The molecule has 3 rings (SSSR count). The fourth-order valence-electron chi connectivity index (χ4n) is 3.17. The summed E-state index contributed by atoms with van der Waals surface area (Å²) >= 11 is 1.48. The predicted molar refractivity (Wildman–Crippen MR) is 106 cm³/mol. The van der Waals surface area contributed by atoms with Gasteiger partial charge in [0.2, 0.25) is 0 Å². The van der Waals surface area contributed by atoms with Gasteiger partial charge in [0.1, 0.15) is 0 Å². The lowest BCUT2D eigenvalue weighted by molar-refractivity contribution is 0.0703. The molecular weight excluding hydrogens is 344 g/mol. The maximum absolute atomic E-state index is 12.5. The first-order chi connectivity index (χ1) is 12.3. The van der Waals surface area contributed by atoms with Crippen molar-refractivity contribution in [2.24, 2.45) is 0 Å². The number of carbonyl (C=O) groups is 2. The normalized spacial score (nSPS) is 15.7. The zero-order chi connectivity index (χ0) is 18.7. The second-order valence-electron chi connectivity index (χ2n) is 7.84. The van der Waals surface area contributed by atoms with E-state index in [4.69, 9.17) is 0 Å². The van der Waals surface area contributed by atoms with E-state index in [2.05, 4.69) is 26.1 Å². The van der Waals surface area contributed by atoms with E-state index < -0.39 is 0 Å². The largest absolute Gasteiger partial charge is 0.349 e. The third-order valence-electron chi connectivity index (χ3n) is 4.86. The number of likely N-dealkylation sites (tertiary alicyclic amines) is 1. The quantitative estimate of drug-likeness (QED) is 0.885. The molecule has 0 radical (unpaired) electrons. The van der Waals surface area contributed by atoms with Crippen LogP contribution in [0.5, 0.6) is 0 Å². The minimum absolute atomic E-state index is 0.0338. The van der Waals surface area contributed by atoms with Crippen LogP contribution in [0.3, 0.4) is 0 Å². The van der Waals surface area contributed by atoms with Gasteiger partial charge in [-0.05, 0) is 47.4 Å². The Morgan fingerprint density at radius 1 is 1.08 bits per heavy atom. The second-order valence-corrected chi connectivity index (χ2v) is 8.79. The lowest BCUT2D eigenvalue weighted by atomic mass is 9.86. The zero-order valence-corrected chi connectivity index (χ0v) is 16.4. The summed E-state index contributed by atoms with van der Waals surface area (Å²) in [4.78, 5) is 27.5. The number of benzene rings is 1. The lowest BCUT2D eigenvalue weighted by Gasteiger charge is -2.32. The topological polar surface area (TPSA) is 49.4 Å². The summed E-state index contributed by atoms with van der Waals surface area (Å²) in [5.74, 6) is 0.0658. The molecule has 26 heavy (non-hydrogen) atoms. The number of amides is 2. The number of hydrogen-bond donors (Lipinski definition) is 1. The van der Waals surface area contributed by atoms with Crippen molar-refractivity contribution in [3.05, 3.63) is 57.8 Å². The van der Waals surface area contributed by atoms with E-state index in [1.54, 1.807) is 0 Å². The molecule has 0 aliphatic carbocycles. The standard InChI is InChI=1S/C21H26N2O2S/c1-21(2,3)16-8-6-15(7-9-16)19(24)22-17-10-12-23(13-11-17)20(25)18-5-4-14-26-18/h4-9,14,17H,10-13H2,1-3H3,(H,22,24). The SMILES string of the molecule is CC(C)(C)c1ccc(C(=O)NC2CCN(C(=O)c3cccs3)CC2)cc1.